The highest BCUT2D eigenvalue weighted by Crippen LogP contribution is 2.30. The number of sulfonamides is 1. The lowest BCUT2D eigenvalue weighted by Gasteiger charge is -2.30. The highest BCUT2D eigenvalue weighted by Gasteiger charge is 2.33. The summed E-state index contributed by atoms with van der Waals surface area (Å²) in [6.45, 7) is 0.804. The number of methoxy groups -OCH3 is 3. The van der Waals surface area contributed by atoms with Crippen LogP contribution in [0.15, 0.2) is 41.3 Å². The predicted octanol–water partition coefficient (Wildman–Crippen LogP) is 2.61. The number of rotatable bonds is 9. The molecule has 10 heteroatoms. The van der Waals surface area contributed by atoms with Crippen LogP contribution in [-0.2, 0) is 21.2 Å². The lowest BCUT2D eigenvalue weighted by atomic mass is 9.97. The van der Waals surface area contributed by atoms with E-state index >= 15 is 0 Å². The van der Waals surface area contributed by atoms with Crippen molar-refractivity contribution < 1.29 is 31.8 Å². The maximum Gasteiger partial charge on any atom is 0.246 e. The lowest BCUT2D eigenvalue weighted by molar-refractivity contribution is -0.126. The average molecular weight is 481 g/mol. The molecule has 0 spiro atoms. The molecular formula is C23H29FN2O6S. The summed E-state index contributed by atoms with van der Waals surface area (Å²) >= 11 is 0. The molecule has 0 unspecified atom stereocenters. The lowest BCUT2D eigenvalue weighted by Crippen LogP contribution is -2.43. The molecule has 0 saturated carbocycles. The highest BCUT2D eigenvalue weighted by molar-refractivity contribution is 7.89. The first-order valence-corrected chi connectivity index (χ1v) is 12.1. The average Bonchev–Trinajstić information content (AvgIpc) is 2.83. The number of amides is 1. The van der Waals surface area contributed by atoms with E-state index in [4.69, 9.17) is 14.2 Å². The molecule has 1 amide bonds. The van der Waals surface area contributed by atoms with E-state index in [1.54, 1.807) is 14.2 Å². The molecule has 3 rings (SSSR count). The molecule has 180 valence electrons. The molecule has 0 bridgehead atoms. The third-order valence-electron chi connectivity index (χ3n) is 5.73. The standard InChI is InChI=1S/C23H29FN2O6S/c1-30-19-6-4-16(14-21(19)32-3)8-11-25-23(27)17-9-12-26(13-10-17)33(28,29)22-15-18(24)5-7-20(22)31-2/h4-7,14-15,17H,8-13H2,1-3H3,(H,25,27). The molecule has 1 N–H and O–H groups in total. The molecule has 2 aromatic rings. The Morgan fingerprint density at radius 2 is 1.64 bits per heavy atom. The normalized spacial score (nSPS) is 15.2. The van der Waals surface area contributed by atoms with Crippen molar-refractivity contribution in [3.05, 3.63) is 47.8 Å². The topological polar surface area (TPSA) is 94.2 Å². The number of halogens is 1. The van der Waals surface area contributed by atoms with Crippen molar-refractivity contribution in [3.63, 3.8) is 0 Å². The highest BCUT2D eigenvalue weighted by atomic mass is 32.2. The molecule has 0 aromatic heterocycles. The SMILES string of the molecule is COc1ccc(CCNC(=O)C2CCN(S(=O)(=O)c3cc(F)ccc3OC)CC2)cc1OC. The van der Waals surface area contributed by atoms with Crippen LogP contribution in [0, 0.1) is 11.7 Å². The molecule has 1 fully saturated rings. The van der Waals surface area contributed by atoms with Crippen molar-refractivity contribution in [3.8, 4) is 17.2 Å². The fourth-order valence-corrected chi connectivity index (χ4v) is 5.50. The minimum absolute atomic E-state index is 0.0893. The Labute approximate surface area is 193 Å². The van der Waals surface area contributed by atoms with Crippen molar-refractivity contribution in [2.24, 2.45) is 5.92 Å². The molecule has 1 aliphatic heterocycles. The summed E-state index contributed by atoms with van der Waals surface area (Å²) in [6.07, 6.45) is 1.40. The van der Waals surface area contributed by atoms with Gasteiger partial charge in [0.05, 0.1) is 21.3 Å². The van der Waals surface area contributed by atoms with Crippen molar-refractivity contribution in [2.75, 3.05) is 41.0 Å². The predicted molar refractivity (Wildman–Crippen MR) is 121 cm³/mol. The first-order chi connectivity index (χ1) is 15.8. The zero-order valence-corrected chi connectivity index (χ0v) is 19.8. The fraction of sp³-hybridized carbons (Fsp3) is 0.435. The van der Waals surface area contributed by atoms with E-state index < -0.39 is 15.8 Å². The number of nitrogens with one attached hydrogen (secondary N) is 1. The number of nitrogens with zero attached hydrogens (tertiary/aromatic N) is 1. The van der Waals surface area contributed by atoms with Gasteiger partial charge in [-0.15, -0.1) is 0 Å². The van der Waals surface area contributed by atoms with Crippen molar-refractivity contribution in [2.45, 2.75) is 24.2 Å². The number of benzene rings is 2. The smallest absolute Gasteiger partial charge is 0.246 e. The summed E-state index contributed by atoms with van der Waals surface area (Å²) in [5.41, 5.74) is 0.998. The number of hydrogen-bond acceptors (Lipinski definition) is 6. The van der Waals surface area contributed by atoms with Crippen LogP contribution >= 0.6 is 0 Å². The summed E-state index contributed by atoms with van der Waals surface area (Å²) < 4.78 is 56.5. The van der Waals surface area contributed by atoms with Crippen LogP contribution in [0.2, 0.25) is 0 Å². The number of piperidine rings is 1. The van der Waals surface area contributed by atoms with Crippen molar-refractivity contribution >= 4 is 15.9 Å². The van der Waals surface area contributed by atoms with E-state index in [1.165, 1.54) is 17.5 Å². The molecule has 33 heavy (non-hydrogen) atoms. The van der Waals surface area contributed by atoms with E-state index in [-0.39, 0.29) is 35.6 Å². The van der Waals surface area contributed by atoms with Crippen LogP contribution in [0.25, 0.3) is 0 Å². The first-order valence-electron chi connectivity index (χ1n) is 10.6. The van der Waals surface area contributed by atoms with Gasteiger partial charge >= 0.3 is 0 Å². The van der Waals surface area contributed by atoms with Crippen LogP contribution < -0.4 is 19.5 Å². The van der Waals surface area contributed by atoms with Gasteiger partial charge in [0.15, 0.2) is 11.5 Å². The van der Waals surface area contributed by atoms with Gasteiger partial charge in [-0.1, -0.05) is 6.07 Å². The summed E-state index contributed by atoms with van der Waals surface area (Å²) in [5.74, 6) is 0.323. The number of hydrogen-bond donors (Lipinski definition) is 1. The van der Waals surface area contributed by atoms with Crippen LogP contribution in [0.3, 0.4) is 0 Å². The Morgan fingerprint density at radius 1 is 1.00 bits per heavy atom. The molecule has 2 aromatic carbocycles. The van der Waals surface area contributed by atoms with E-state index in [0.29, 0.717) is 37.3 Å². The van der Waals surface area contributed by atoms with Crippen LogP contribution in [0.1, 0.15) is 18.4 Å². The van der Waals surface area contributed by atoms with Gasteiger partial charge in [0.1, 0.15) is 16.5 Å². The van der Waals surface area contributed by atoms with E-state index in [0.717, 1.165) is 17.7 Å². The second kappa shape index (κ2) is 10.8. The van der Waals surface area contributed by atoms with Crippen LogP contribution in [-0.4, -0.2) is 59.6 Å². The van der Waals surface area contributed by atoms with Gasteiger partial charge in [-0.2, -0.15) is 4.31 Å². The second-order valence-corrected chi connectivity index (χ2v) is 9.61. The van der Waals surface area contributed by atoms with Gasteiger partial charge in [-0.3, -0.25) is 4.79 Å². The third kappa shape index (κ3) is 5.75. The van der Waals surface area contributed by atoms with Gasteiger partial charge in [0.2, 0.25) is 15.9 Å². The van der Waals surface area contributed by atoms with Crippen molar-refractivity contribution in [1.29, 1.82) is 0 Å². The molecule has 8 nitrogen and oxygen atoms in total. The van der Waals surface area contributed by atoms with Gasteiger partial charge in [0.25, 0.3) is 0 Å². The number of ether oxygens (including phenoxy) is 3. The molecular weight excluding hydrogens is 451 g/mol. The largest absolute Gasteiger partial charge is 0.495 e. The Kier molecular flexibility index (Phi) is 8.15. The maximum atomic E-state index is 13.7. The maximum absolute atomic E-state index is 13.7. The zero-order valence-electron chi connectivity index (χ0n) is 19.0. The number of carbonyl (C=O) groups is 1. The van der Waals surface area contributed by atoms with Crippen LogP contribution in [0.4, 0.5) is 4.39 Å². The molecule has 1 saturated heterocycles. The molecule has 0 radical (unpaired) electrons. The minimum Gasteiger partial charge on any atom is -0.495 e. The fourth-order valence-electron chi connectivity index (χ4n) is 3.86. The monoisotopic (exact) mass is 480 g/mol. The van der Waals surface area contributed by atoms with Gasteiger partial charge < -0.3 is 19.5 Å². The molecule has 0 aliphatic carbocycles. The van der Waals surface area contributed by atoms with Gasteiger partial charge in [-0.05, 0) is 55.2 Å². The summed E-state index contributed by atoms with van der Waals surface area (Å²) in [4.78, 5) is 12.4. The van der Waals surface area contributed by atoms with E-state index in [1.807, 2.05) is 18.2 Å². The Morgan fingerprint density at radius 3 is 2.27 bits per heavy atom. The molecule has 1 heterocycles. The Bertz CT molecular complexity index is 1080. The Hall–Kier alpha value is -2.85. The van der Waals surface area contributed by atoms with E-state index in [9.17, 15) is 17.6 Å². The summed E-state index contributed by atoms with van der Waals surface area (Å²) in [5, 5.41) is 2.93. The van der Waals surface area contributed by atoms with Crippen LogP contribution in [0.5, 0.6) is 17.2 Å². The molecule has 1 aliphatic rings. The zero-order chi connectivity index (χ0) is 24.0. The quantitative estimate of drug-likeness (QED) is 0.593. The van der Waals surface area contributed by atoms with Gasteiger partial charge in [-0.25, -0.2) is 12.8 Å². The Balaban J connectivity index is 1.53. The summed E-state index contributed by atoms with van der Waals surface area (Å²) in [7, 11) is 0.553. The number of carbonyl (C=O) groups excluding carboxylic acids is 1. The van der Waals surface area contributed by atoms with Gasteiger partial charge in [0, 0.05) is 25.6 Å². The third-order valence-corrected chi connectivity index (χ3v) is 7.65. The first kappa shape index (κ1) is 24.8. The summed E-state index contributed by atoms with van der Waals surface area (Å²) in [6, 6.07) is 9.00. The molecule has 0 atom stereocenters. The second-order valence-electron chi connectivity index (χ2n) is 7.70. The minimum atomic E-state index is -3.93. The van der Waals surface area contributed by atoms with Crippen molar-refractivity contribution in [1.82, 2.24) is 9.62 Å². The van der Waals surface area contributed by atoms with E-state index in [2.05, 4.69) is 5.32 Å².